The summed E-state index contributed by atoms with van der Waals surface area (Å²) < 4.78 is 8.58. The topological polar surface area (TPSA) is 39.4 Å². The summed E-state index contributed by atoms with van der Waals surface area (Å²) in [7, 11) is 0. The van der Waals surface area contributed by atoms with Crippen molar-refractivity contribution in [1.29, 1.82) is 0 Å². The highest BCUT2D eigenvalue weighted by Gasteiger charge is 2.23. The van der Waals surface area contributed by atoms with E-state index in [4.69, 9.17) is 4.74 Å². The first kappa shape index (κ1) is 9.30. The SMILES string of the molecule is Brc1cccc2nnc(C3CCCO3)n12. The van der Waals surface area contributed by atoms with E-state index in [0.29, 0.717) is 0 Å². The molecule has 15 heavy (non-hydrogen) atoms. The molecule has 1 fully saturated rings. The monoisotopic (exact) mass is 267 g/mol. The van der Waals surface area contributed by atoms with Crippen LogP contribution in [0, 0.1) is 0 Å². The lowest BCUT2D eigenvalue weighted by molar-refractivity contribution is 0.104. The van der Waals surface area contributed by atoms with Crippen molar-refractivity contribution in [3.8, 4) is 0 Å². The molecule has 0 N–H and O–H groups in total. The quantitative estimate of drug-likeness (QED) is 0.745. The van der Waals surface area contributed by atoms with Gasteiger partial charge in [-0.1, -0.05) is 6.07 Å². The van der Waals surface area contributed by atoms with Crippen molar-refractivity contribution in [2.45, 2.75) is 18.9 Å². The third kappa shape index (κ3) is 1.46. The molecule has 78 valence electrons. The average molecular weight is 268 g/mol. The number of fused-ring (bicyclic) bond motifs is 1. The molecule has 0 aliphatic carbocycles. The number of halogens is 1. The maximum atomic E-state index is 5.62. The van der Waals surface area contributed by atoms with E-state index in [1.807, 2.05) is 22.6 Å². The number of ether oxygens (including phenoxy) is 1. The fourth-order valence-electron chi connectivity index (χ4n) is 1.91. The van der Waals surface area contributed by atoms with Gasteiger partial charge in [-0.15, -0.1) is 10.2 Å². The Balaban J connectivity index is 2.18. The fourth-order valence-corrected chi connectivity index (χ4v) is 2.43. The molecule has 2 aromatic rings. The van der Waals surface area contributed by atoms with Crippen molar-refractivity contribution in [3.63, 3.8) is 0 Å². The van der Waals surface area contributed by atoms with Gasteiger partial charge >= 0.3 is 0 Å². The van der Waals surface area contributed by atoms with Gasteiger partial charge in [-0.25, -0.2) is 0 Å². The van der Waals surface area contributed by atoms with Gasteiger partial charge in [0, 0.05) is 6.61 Å². The van der Waals surface area contributed by atoms with Crippen LogP contribution in [0.1, 0.15) is 24.8 Å². The van der Waals surface area contributed by atoms with Crippen LogP contribution >= 0.6 is 15.9 Å². The zero-order valence-electron chi connectivity index (χ0n) is 8.06. The van der Waals surface area contributed by atoms with Gasteiger partial charge in [0.1, 0.15) is 6.10 Å². The first-order valence-electron chi connectivity index (χ1n) is 4.97. The molecule has 3 heterocycles. The molecule has 1 aliphatic rings. The highest BCUT2D eigenvalue weighted by atomic mass is 79.9. The van der Waals surface area contributed by atoms with Gasteiger partial charge in [0.25, 0.3) is 0 Å². The van der Waals surface area contributed by atoms with Crippen molar-refractivity contribution in [1.82, 2.24) is 14.6 Å². The summed E-state index contributed by atoms with van der Waals surface area (Å²) in [6, 6.07) is 5.87. The molecule has 0 aromatic carbocycles. The molecule has 1 aliphatic heterocycles. The van der Waals surface area contributed by atoms with E-state index in [1.165, 1.54) is 0 Å². The molecule has 1 saturated heterocycles. The van der Waals surface area contributed by atoms with Crippen LogP contribution in [0.15, 0.2) is 22.8 Å². The molecular weight excluding hydrogens is 258 g/mol. The number of hydrogen-bond acceptors (Lipinski definition) is 3. The van der Waals surface area contributed by atoms with E-state index >= 15 is 0 Å². The zero-order valence-corrected chi connectivity index (χ0v) is 9.64. The van der Waals surface area contributed by atoms with Crippen molar-refractivity contribution >= 4 is 21.6 Å². The van der Waals surface area contributed by atoms with E-state index in [1.54, 1.807) is 0 Å². The van der Waals surface area contributed by atoms with Crippen LogP contribution in [-0.2, 0) is 4.74 Å². The maximum Gasteiger partial charge on any atom is 0.167 e. The van der Waals surface area contributed by atoms with Gasteiger partial charge in [0.05, 0.1) is 4.60 Å². The van der Waals surface area contributed by atoms with E-state index < -0.39 is 0 Å². The largest absolute Gasteiger partial charge is 0.370 e. The Morgan fingerprint density at radius 1 is 1.40 bits per heavy atom. The number of pyridine rings is 1. The lowest BCUT2D eigenvalue weighted by Crippen LogP contribution is -2.03. The fraction of sp³-hybridized carbons (Fsp3) is 0.400. The third-order valence-electron chi connectivity index (χ3n) is 2.62. The van der Waals surface area contributed by atoms with Gasteiger partial charge in [-0.3, -0.25) is 4.40 Å². The Hall–Kier alpha value is -0.940. The van der Waals surface area contributed by atoms with E-state index in [2.05, 4.69) is 26.1 Å². The normalized spacial score (nSPS) is 21.3. The minimum Gasteiger partial charge on any atom is -0.370 e. The molecule has 4 nitrogen and oxygen atoms in total. The van der Waals surface area contributed by atoms with E-state index in [9.17, 15) is 0 Å². The van der Waals surface area contributed by atoms with Crippen molar-refractivity contribution in [2.75, 3.05) is 6.61 Å². The standard InChI is InChI=1S/C10H10BrN3O/c11-8-4-1-5-9-12-13-10(14(8)9)7-3-2-6-15-7/h1,4-5,7H,2-3,6H2. The number of nitrogens with zero attached hydrogens (tertiary/aromatic N) is 3. The summed E-state index contributed by atoms with van der Waals surface area (Å²) in [5.74, 6) is 0.898. The summed E-state index contributed by atoms with van der Waals surface area (Å²) in [5.41, 5.74) is 0.856. The lowest BCUT2D eigenvalue weighted by atomic mass is 10.2. The van der Waals surface area contributed by atoms with Gasteiger partial charge in [0.2, 0.25) is 0 Å². The first-order valence-corrected chi connectivity index (χ1v) is 5.77. The van der Waals surface area contributed by atoms with Crippen molar-refractivity contribution in [3.05, 3.63) is 28.6 Å². The minimum atomic E-state index is 0.0960. The number of rotatable bonds is 1. The molecule has 0 spiro atoms. The van der Waals surface area contributed by atoms with Gasteiger partial charge in [-0.2, -0.15) is 0 Å². The van der Waals surface area contributed by atoms with Crippen LogP contribution < -0.4 is 0 Å². The molecule has 0 saturated carbocycles. The number of hydrogen-bond donors (Lipinski definition) is 0. The molecule has 2 aromatic heterocycles. The Kier molecular flexibility index (Phi) is 2.21. The molecule has 1 unspecified atom stereocenters. The predicted octanol–water partition coefficient (Wildman–Crippen LogP) is 2.34. The molecule has 0 radical (unpaired) electrons. The van der Waals surface area contributed by atoms with Crippen LogP contribution in [0.25, 0.3) is 5.65 Å². The second kappa shape index (κ2) is 3.57. The molecule has 1 atom stereocenters. The molecule has 0 bridgehead atoms. The van der Waals surface area contributed by atoms with Crippen molar-refractivity contribution < 1.29 is 4.74 Å². The van der Waals surface area contributed by atoms with Crippen LogP contribution in [0.2, 0.25) is 0 Å². The Labute approximate surface area is 95.4 Å². The zero-order chi connectivity index (χ0) is 10.3. The van der Waals surface area contributed by atoms with Crippen LogP contribution in [0.5, 0.6) is 0 Å². The van der Waals surface area contributed by atoms with Gasteiger partial charge in [-0.05, 0) is 40.9 Å². The summed E-state index contributed by atoms with van der Waals surface area (Å²) in [4.78, 5) is 0. The van der Waals surface area contributed by atoms with E-state index in [-0.39, 0.29) is 6.10 Å². The van der Waals surface area contributed by atoms with Crippen molar-refractivity contribution in [2.24, 2.45) is 0 Å². The second-order valence-electron chi connectivity index (χ2n) is 3.60. The highest BCUT2D eigenvalue weighted by Crippen LogP contribution is 2.28. The van der Waals surface area contributed by atoms with Crippen LogP contribution in [-0.4, -0.2) is 21.2 Å². The third-order valence-corrected chi connectivity index (χ3v) is 3.24. The summed E-state index contributed by atoms with van der Waals surface area (Å²) in [6.45, 7) is 0.823. The highest BCUT2D eigenvalue weighted by molar-refractivity contribution is 9.10. The summed E-state index contributed by atoms with van der Waals surface area (Å²) in [5, 5.41) is 8.32. The second-order valence-corrected chi connectivity index (χ2v) is 4.41. The Morgan fingerprint density at radius 3 is 3.13 bits per heavy atom. The van der Waals surface area contributed by atoms with Gasteiger partial charge < -0.3 is 4.74 Å². The minimum absolute atomic E-state index is 0.0960. The molecular formula is C10H10BrN3O. The smallest absolute Gasteiger partial charge is 0.167 e. The number of aromatic nitrogens is 3. The average Bonchev–Trinajstić information content (AvgIpc) is 2.85. The predicted molar refractivity (Wildman–Crippen MR) is 58.6 cm³/mol. The summed E-state index contributed by atoms with van der Waals surface area (Å²) in [6.07, 6.45) is 2.23. The van der Waals surface area contributed by atoms with Crippen LogP contribution in [0.4, 0.5) is 0 Å². The molecule has 3 rings (SSSR count). The lowest BCUT2D eigenvalue weighted by Gasteiger charge is -2.07. The van der Waals surface area contributed by atoms with E-state index in [0.717, 1.165) is 35.5 Å². The van der Waals surface area contributed by atoms with Gasteiger partial charge in [0.15, 0.2) is 11.5 Å². The Morgan fingerprint density at radius 2 is 2.33 bits per heavy atom. The maximum absolute atomic E-state index is 5.62. The molecule has 0 amide bonds. The summed E-state index contributed by atoms with van der Waals surface area (Å²) >= 11 is 3.50. The Bertz CT molecular complexity index is 490. The van der Waals surface area contributed by atoms with Crippen LogP contribution in [0.3, 0.4) is 0 Å². The molecule has 5 heteroatoms. The first-order chi connectivity index (χ1) is 7.36.